The van der Waals surface area contributed by atoms with Gasteiger partial charge < -0.3 is 10.2 Å². The van der Waals surface area contributed by atoms with Crippen LogP contribution >= 0.6 is 22.9 Å². The number of benzene rings is 1. The number of thiophene rings is 1. The summed E-state index contributed by atoms with van der Waals surface area (Å²) in [5, 5.41) is 9.01. The van der Waals surface area contributed by atoms with Crippen molar-refractivity contribution in [2.24, 2.45) is 0 Å². The van der Waals surface area contributed by atoms with Gasteiger partial charge in [0.05, 0.1) is 11.0 Å². The van der Waals surface area contributed by atoms with Gasteiger partial charge in [-0.25, -0.2) is 4.79 Å². The summed E-state index contributed by atoms with van der Waals surface area (Å²) in [7, 11) is 0. The minimum Gasteiger partial charge on any atom is -0.340 e. The minimum absolute atomic E-state index is 0.0680. The predicted octanol–water partition coefficient (Wildman–Crippen LogP) is 3.37. The fourth-order valence-corrected chi connectivity index (χ4v) is 3.55. The molecular formula is C17H18ClN3O2S. The highest BCUT2D eigenvalue weighted by atomic mass is 35.5. The Bertz CT molecular complexity index is 720. The fourth-order valence-electron chi connectivity index (χ4n) is 2.72. The van der Waals surface area contributed by atoms with Crippen LogP contribution in [0.4, 0.5) is 9.80 Å². The largest absolute Gasteiger partial charge is 0.340 e. The molecule has 2 N–H and O–H groups in total. The number of hydrogen-bond acceptors (Lipinski definition) is 3. The maximum absolute atomic E-state index is 12.1. The van der Waals surface area contributed by atoms with E-state index >= 15 is 0 Å². The van der Waals surface area contributed by atoms with Crippen LogP contribution in [0.2, 0.25) is 5.02 Å². The first kappa shape index (κ1) is 16.8. The SMILES string of the molecule is O=C(Nc1cccs1)NC1CC(=O)N(CCc2cccc(Cl)c2)C1. The van der Waals surface area contributed by atoms with Crippen LogP contribution < -0.4 is 10.6 Å². The van der Waals surface area contributed by atoms with Gasteiger partial charge in [-0.05, 0) is 41.6 Å². The maximum Gasteiger partial charge on any atom is 0.320 e. The Labute approximate surface area is 149 Å². The van der Waals surface area contributed by atoms with E-state index < -0.39 is 0 Å². The Morgan fingerprint density at radius 2 is 2.21 bits per heavy atom. The number of nitrogens with one attached hydrogen (secondary N) is 2. The van der Waals surface area contributed by atoms with Crippen LogP contribution in [0, 0.1) is 0 Å². The van der Waals surface area contributed by atoms with Crippen LogP contribution in [0.25, 0.3) is 0 Å². The standard InChI is InChI=1S/C17H18ClN3O2S/c18-13-4-1-3-12(9-13)6-7-21-11-14(10-16(21)22)19-17(23)20-15-5-2-8-24-15/h1-5,8-9,14H,6-7,10-11H2,(H2,19,20,23). The quantitative estimate of drug-likeness (QED) is 0.855. The van der Waals surface area contributed by atoms with E-state index in [-0.39, 0.29) is 18.0 Å². The molecule has 0 saturated carbocycles. The zero-order chi connectivity index (χ0) is 16.9. The average Bonchev–Trinajstić information content (AvgIpc) is 3.15. The lowest BCUT2D eigenvalue weighted by atomic mass is 10.1. The van der Waals surface area contributed by atoms with Gasteiger partial charge in [0, 0.05) is 24.5 Å². The normalized spacial score (nSPS) is 17.1. The summed E-state index contributed by atoms with van der Waals surface area (Å²) in [4.78, 5) is 25.8. The number of rotatable bonds is 5. The van der Waals surface area contributed by atoms with Gasteiger partial charge in [-0.3, -0.25) is 10.1 Å². The minimum atomic E-state index is -0.271. The number of halogens is 1. The van der Waals surface area contributed by atoms with E-state index in [0.717, 1.165) is 17.0 Å². The molecule has 1 saturated heterocycles. The number of likely N-dealkylation sites (tertiary alicyclic amines) is 1. The van der Waals surface area contributed by atoms with E-state index in [1.807, 2.05) is 41.8 Å². The van der Waals surface area contributed by atoms with Gasteiger partial charge >= 0.3 is 6.03 Å². The molecule has 1 atom stereocenters. The van der Waals surface area contributed by atoms with Gasteiger partial charge in [0.25, 0.3) is 0 Å². The van der Waals surface area contributed by atoms with Crippen molar-refractivity contribution in [3.8, 4) is 0 Å². The lowest BCUT2D eigenvalue weighted by Crippen LogP contribution is -2.39. The summed E-state index contributed by atoms with van der Waals surface area (Å²) >= 11 is 7.43. The topological polar surface area (TPSA) is 61.4 Å². The second-order valence-corrected chi connectivity index (χ2v) is 7.08. The van der Waals surface area contributed by atoms with Crippen molar-refractivity contribution in [3.05, 3.63) is 52.4 Å². The monoisotopic (exact) mass is 363 g/mol. The van der Waals surface area contributed by atoms with Crippen molar-refractivity contribution >= 4 is 39.9 Å². The molecule has 2 aromatic rings. The number of amides is 3. The van der Waals surface area contributed by atoms with Crippen LogP contribution in [-0.2, 0) is 11.2 Å². The molecule has 1 aliphatic rings. The first-order valence-corrected chi connectivity index (χ1v) is 8.99. The third-order valence-corrected chi connectivity index (χ3v) is 4.89. The molecule has 1 fully saturated rings. The summed E-state index contributed by atoms with van der Waals surface area (Å²) < 4.78 is 0. The third-order valence-electron chi connectivity index (χ3n) is 3.87. The molecular weight excluding hydrogens is 346 g/mol. The highest BCUT2D eigenvalue weighted by molar-refractivity contribution is 7.14. The second-order valence-electron chi connectivity index (χ2n) is 5.70. The molecule has 1 aromatic heterocycles. The molecule has 0 radical (unpaired) electrons. The molecule has 0 bridgehead atoms. The molecule has 1 aliphatic heterocycles. The number of carbonyl (C=O) groups excluding carboxylic acids is 2. The van der Waals surface area contributed by atoms with Crippen LogP contribution in [0.15, 0.2) is 41.8 Å². The molecule has 7 heteroatoms. The van der Waals surface area contributed by atoms with Crippen LogP contribution in [0.1, 0.15) is 12.0 Å². The van der Waals surface area contributed by atoms with Crippen molar-refractivity contribution in [2.45, 2.75) is 18.9 Å². The highest BCUT2D eigenvalue weighted by Crippen LogP contribution is 2.17. The zero-order valence-electron chi connectivity index (χ0n) is 13.0. The summed E-state index contributed by atoms with van der Waals surface area (Å²) in [6, 6.07) is 10.9. The van der Waals surface area contributed by atoms with Crippen molar-refractivity contribution < 1.29 is 9.59 Å². The lowest BCUT2D eigenvalue weighted by Gasteiger charge is -2.17. The number of carbonyl (C=O) groups is 2. The fraction of sp³-hybridized carbons (Fsp3) is 0.294. The number of hydrogen-bond donors (Lipinski definition) is 2. The molecule has 0 aliphatic carbocycles. The Morgan fingerprint density at radius 1 is 1.33 bits per heavy atom. The van der Waals surface area contributed by atoms with Crippen LogP contribution in [0.3, 0.4) is 0 Å². The molecule has 1 unspecified atom stereocenters. The van der Waals surface area contributed by atoms with E-state index in [4.69, 9.17) is 11.6 Å². The molecule has 24 heavy (non-hydrogen) atoms. The van der Waals surface area contributed by atoms with E-state index in [1.165, 1.54) is 11.3 Å². The van der Waals surface area contributed by atoms with Gasteiger partial charge in [0.1, 0.15) is 0 Å². The summed E-state index contributed by atoms with van der Waals surface area (Å²) in [5.41, 5.74) is 1.10. The lowest BCUT2D eigenvalue weighted by molar-refractivity contribution is -0.127. The van der Waals surface area contributed by atoms with E-state index in [2.05, 4.69) is 10.6 Å². The van der Waals surface area contributed by atoms with E-state index in [9.17, 15) is 9.59 Å². The third kappa shape index (κ3) is 4.49. The molecule has 126 valence electrons. The van der Waals surface area contributed by atoms with E-state index in [1.54, 1.807) is 4.90 Å². The number of nitrogens with zero attached hydrogens (tertiary/aromatic N) is 1. The molecule has 5 nitrogen and oxygen atoms in total. The first-order chi connectivity index (χ1) is 11.6. The first-order valence-electron chi connectivity index (χ1n) is 7.73. The second kappa shape index (κ2) is 7.68. The van der Waals surface area contributed by atoms with Crippen LogP contribution in [-0.4, -0.2) is 36.0 Å². The Balaban J connectivity index is 1.47. The molecule has 1 aromatic carbocycles. The van der Waals surface area contributed by atoms with Crippen molar-refractivity contribution in [1.82, 2.24) is 10.2 Å². The highest BCUT2D eigenvalue weighted by Gasteiger charge is 2.30. The number of urea groups is 1. The van der Waals surface area contributed by atoms with Crippen molar-refractivity contribution in [2.75, 3.05) is 18.4 Å². The predicted molar refractivity (Wildman–Crippen MR) is 96.6 cm³/mol. The molecule has 2 heterocycles. The van der Waals surface area contributed by atoms with Gasteiger partial charge in [-0.1, -0.05) is 23.7 Å². The zero-order valence-corrected chi connectivity index (χ0v) is 14.6. The Morgan fingerprint density at radius 3 is 2.96 bits per heavy atom. The van der Waals surface area contributed by atoms with Gasteiger partial charge in [0.2, 0.25) is 5.91 Å². The van der Waals surface area contributed by atoms with Crippen molar-refractivity contribution in [3.63, 3.8) is 0 Å². The summed E-state index contributed by atoms with van der Waals surface area (Å²) in [5.74, 6) is 0.0680. The van der Waals surface area contributed by atoms with E-state index in [0.29, 0.717) is 24.5 Å². The van der Waals surface area contributed by atoms with Gasteiger partial charge in [-0.15, -0.1) is 11.3 Å². The Hall–Kier alpha value is -2.05. The molecule has 3 amide bonds. The summed E-state index contributed by atoms with van der Waals surface area (Å²) in [6.07, 6.45) is 1.09. The van der Waals surface area contributed by atoms with Gasteiger partial charge in [-0.2, -0.15) is 0 Å². The number of anilines is 1. The van der Waals surface area contributed by atoms with Gasteiger partial charge in [0.15, 0.2) is 0 Å². The molecule has 0 spiro atoms. The Kier molecular flexibility index (Phi) is 5.37. The van der Waals surface area contributed by atoms with Crippen molar-refractivity contribution in [1.29, 1.82) is 0 Å². The smallest absolute Gasteiger partial charge is 0.320 e. The van der Waals surface area contributed by atoms with Crippen LogP contribution in [0.5, 0.6) is 0 Å². The average molecular weight is 364 g/mol. The maximum atomic E-state index is 12.1. The molecule has 3 rings (SSSR count). The summed E-state index contributed by atoms with van der Waals surface area (Å²) in [6.45, 7) is 1.17.